The molecule has 1 N–H and O–H groups in total. The Bertz CT molecular complexity index is 1420. The van der Waals surface area contributed by atoms with Gasteiger partial charge in [-0.05, 0) is 50.6 Å². The Morgan fingerprint density at radius 1 is 1.15 bits per heavy atom. The molecule has 6 nitrogen and oxygen atoms in total. The summed E-state index contributed by atoms with van der Waals surface area (Å²) in [5.74, 6) is -0.688. The zero-order valence-corrected chi connectivity index (χ0v) is 19.1. The first-order valence-corrected chi connectivity index (χ1v) is 10.8. The number of rotatable bonds is 5. The van der Waals surface area contributed by atoms with Gasteiger partial charge in [0.05, 0.1) is 23.3 Å². The molecule has 178 valence electrons. The van der Waals surface area contributed by atoms with Crippen LogP contribution in [0.4, 0.5) is 23.2 Å². The first-order valence-electron chi connectivity index (χ1n) is 10.8. The summed E-state index contributed by atoms with van der Waals surface area (Å²) in [5, 5.41) is 11.8. The van der Waals surface area contributed by atoms with Crippen LogP contribution in [-0.2, 0) is 16.8 Å². The zero-order chi connectivity index (χ0) is 24.4. The molecule has 0 bridgehead atoms. The SMILES string of the molecule is COCCn1ccc2c(-c3c(C(F)F)cc4c(c3F)-n3c(C)nnc3C(C)(C)N4)cc(F)cc21. The number of ether oxygens (including phenoxy) is 1. The smallest absolute Gasteiger partial charge is 0.264 e. The number of benzene rings is 2. The molecule has 0 unspecified atom stereocenters. The molecule has 5 rings (SSSR count). The van der Waals surface area contributed by atoms with Crippen molar-refractivity contribution in [3.05, 3.63) is 59.3 Å². The van der Waals surface area contributed by atoms with Crippen LogP contribution in [0.1, 0.15) is 37.5 Å². The quantitative estimate of drug-likeness (QED) is 0.377. The predicted molar refractivity (Wildman–Crippen MR) is 120 cm³/mol. The molecule has 1 aliphatic rings. The summed E-state index contributed by atoms with van der Waals surface area (Å²) in [6, 6.07) is 5.31. The molecule has 0 aliphatic carbocycles. The summed E-state index contributed by atoms with van der Waals surface area (Å²) in [6.45, 7) is 6.09. The maximum Gasteiger partial charge on any atom is 0.264 e. The van der Waals surface area contributed by atoms with Gasteiger partial charge in [-0.15, -0.1) is 10.2 Å². The summed E-state index contributed by atoms with van der Waals surface area (Å²) in [6.07, 6.45) is -1.28. The number of nitrogens with one attached hydrogen (secondary N) is 1. The fourth-order valence-corrected chi connectivity index (χ4v) is 4.70. The highest BCUT2D eigenvalue weighted by molar-refractivity contribution is 5.98. The molecular formula is C24H23F4N5O. The van der Waals surface area contributed by atoms with Crippen molar-refractivity contribution in [2.45, 2.75) is 39.3 Å². The highest BCUT2D eigenvalue weighted by atomic mass is 19.3. The van der Waals surface area contributed by atoms with Gasteiger partial charge >= 0.3 is 0 Å². The van der Waals surface area contributed by atoms with Crippen molar-refractivity contribution in [1.29, 1.82) is 0 Å². The third-order valence-corrected chi connectivity index (χ3v) is 6.22. The van der Waals surface area contributed by atoms with E-state index in [-0.39, 0.29) is 22.5 Å². The van der Waals surface area contributed by atoms with Gasteiger partial charge in [0.25, 0.3) is 6.43 Å². The second kappa shape index (κ2) is 7.83. The van der Waals surface area contributed by atoms with Crippen LogP contribution in [0.25, 0.3) is 27.7 Å². The number of aromatic nitrogens is 4. The van der Waals surface area contributed by atoms with E-state index in [4.69, 9.17) is 4.74 Å². The summed E-state index contributed by atoms with van der Waals surface area (Å²) in [4.78, 5) is 0. The Hall–Kier alpha value is -3.40. The van der Waals surface area contributed by atoms with E-state index < -0.39 is 29.2 Å². The van der Waals surface area contributed by atoms with Crippen molar-refractivity contribution >= 4 is 16.6 Å². The van der Waals surface area contributed by atoms with E-state index in [1.807, 2.05) is 13.8 Å². The van der Waals surface area contributed by atoms with Crippen LogP contribution in [0.2, 0.25) is 0 Å². The fourth-order valence-electron chi connectivity index (χ4n) is 4.70. The van der Waals surface area contributed by atoms with E-state index in [0.29, 0.717) is 35.7 Å². The van der Waals surface area contributed by atoms with Crippen LogP contribution in [0, 0.1) is 18.6 Å². The van der Waals surface area contributed by atoms with E-state index in [0.717, 1.165) is 6.07 Å². The number of methoxy groups -OCH3 is 1. The van der Waals surface area contributed by atoms with Gasteiger partial charge in [0.15, 0.2) is 11.6 Å². The molecule has 0 atom stereocenters. The van der Waals surface area contributed by atoms with Gasteiger partial charge in [0, 0.05) is 36.4 Å². The molecule has 0 saturated carbocycles. The Labute approximate surface area is 193 Å². The molecular weight excluding hydrogens is 450 g/mol. The predicted octanol–water partition coefficient (Wildman–Crippen LogP) is 5.72. The molecule has 3 heterocycles. The number of anilines is 1. The lowest BCUT2D eigenvalue weighted by Gasteiger charge is -2.35. The lowest BCUT2D eigenvalue weighted by Crippen LogP contribution is -2.36. The number of fused-ring (bicyclic) bond motifs is 4. The van der Waals surface area contributed by atoms with Crippen molar-refractivity contribution in [2.24, 2.45) is 0 Å². The summed E-state index contributed by atoms with van der Waals surface area (Å²) < 4.78 is 68.0. The molecule has 4 aromatic rings. The van der Waals surface area contributed by atoms with E-state index in [9.17, 15) is 13.2 Å². The van der Waals surface area contributed by atoms with Crippen LogP contribution >= 0.6 is 0 Å². The van der Waals surface area contributed by atoms with Gasteiger partial charge in [0.2, 0.25) is 0 Å². The lowest BCUT2D eigenvalue weighted by molar-refractivity contribution is 0.151. The number of hydrogen-bond acceptors (Lipinski definition) is 4. The summed E-state index contributed by atoms with van der Waals surface area (Å²) in [5.41, 5.74) is -0.890. The van der Waals surface area contributed by atoms with Crippen LogP contribution in [0.15, 0.2) is 30.5 Å². The Morgan fingerprint density at radius 3 is 2.62 bits per heavy atom. The minimum atomic E-state index is -2.99. The Morgan fingerprint density at radius 2 is 1.91 bits per heavy atom. The first-order chi connectivity index (χ1) is 16.1. The summed E-state index contributed by atoms with van der Waals surface area (Å²) >= 11 is 0. The molecule has 0 amide bonds. The Balaban J connectivity index is 1.84. The van der Waals surface area contributed by atoms with E-state index in [1.165, 1.54) is 16.7 Å². The monoisotopic (exact) mass is 473 g/mol. The van der Waals surface area contributed by atoms with E-state index in [1.54, 1.807) is 30.9 Å². The van der Waals surface area contributed by atoms with Gasteiger partial charge in [-0.2, -0.15) is 0 Å². The molecule has 10 heteroatoms. The lowest BCUT2D eigenvalue weighted by atomic mass is 9.92. The van der Waals surface area contributed by atoms with E-state index in [2.05, 4.69) is 15.5 Å². The number of alkyl halides is 2. The van der Waals surface area contributed by atoms with Crippen molar-refractivity contribution in [2.75, 3.05) is 19.0 Å². The number of halogens is 4. The molecule has 34 heavy (non-hydrogen) atoms. The van der Waals surface area contributed by atoms with Crippen LogP contribution in [-0.4, -0.2) is 33.0 Å². The minimum absolute atomic E-state index is 0.0347. The topological polar surface area (TPSA) is 56.9 Å². The molecule has 0 saturated heterocycles. The second-order valence-corrected chi connectivity index (χ2v) is 8.90. The maximum atomic E-state index is 16.3. The van der Waals surface area contributed by atoms with Crippen molar-refractivity contribution in [3.8, 4) is 16.8 Å². The zero-order valence-electron chi connectivity index (χ0n) is 19.1. The molecule has 1 aliphatic heterocycles. The van der Waals surface area contributed by atoms with Crippen LogP contribution in [0.5, 0.6) is 0 Å². The van der Waals surface area contributed by atoms with Crippen molar-refractivity contribution in [3.63, 3.8) is 0 Å². The average molecular weight is 473 g/mol. The van der Waals surface area contributed by atoms with Gasteiger partial charge in [-0.1, -0.05) is 0 Å². The third-order valence-electron chi connectivity index (χ3n) is 6.22. The van der Waals surface area contributed by atoms with Gasteiger partial charge in [-0.25, -0.2) is 17.6 Å². The third kappa shape index (κ3) is 3.27. The van der Waals surface area contributed by atoms with Gasteiger partial charge in [0.1, 0.15) is 17.3 Å². The van der Waals surface area contributed by atoms with E-state index >= 15 is 4.39 Å². The number of hydrogen-bond donors (Lipinski definition) is 1. The molecule has 0 radical (unpaired) electrons. The average Bonchev–Trinajstić information content (AvgIpc) is 3.35. The standard InChI is InChI=1S/C24H23F4N5O/c1-12-30-31-23-24(2,3)29-17-11-16(22(27)28)19(20(26)21(17)33(12)23)15-9-13(25)10-18-14(15)5-6-32(18)7-8-34-4/h5-6,9-11,22,29H,7-8H2,1-4H3. The van der Waals surface area contributed by atoms with Crippen molar-refractivity contribution < 1.29 is 22.3 Å². The van der Waals surface area contributed by atoms with Crippen LogP contribution < -0.4 is 5.32 Å². The largest absolute Gasteiger partial charge is 0.383 e. The number of aryl methyl sites for hydroxylation is 1. The fraction of sp³-hybridized carbons (Fsp3) is 0.333. The molecule has 0 spiro atoms. The van der Waals surface area contributed by atoms with Crippen molar-refractivity contribution in [1.82, 2.24) is 19.3 Å². The molecule has 2 aromatic heterocycles. The normalized spacial score (nSPS) is 14.4. The maximum absolute atomic E-state index is 16.3. The summed E-state index contributed by atoms with van der Waals surface area (Å²) in [7, 11) is 1.55. The van der Waals surface area contributed by atoms with Crippen LogP contribution in [0.3, 0.4) is 0 Å². The molecule has 2 aromatic carbocycles. The second-order valence-electron chi connectivity index (χ2n) is 8.90. The highest BCUT2D eigenvalue weighted by Crippen LogP contribution is 2.46. The van der Waals surface area contributed by atoms with Gasteiger partial charge in [-0.3, -0.25) is 4.57 Å². The van der Waals surface area contributed by atoms with Gasteiger partial charge < -0.3 is 14.6 Å². The highest BCUT2D eigenvalue weighted by Gasteiger charge is 2.38. The minimum Gasteiger partial charge on any atom is -0.383 e. The first kappa shape index (κ1) is 22.4. The molecule has 0 fully saturated rings. The number of nitrogens with zero attached hydrogens (tertiary/aromatic N) is 4. The Kier molecular flexibility index (Phi) is 5.16.